The Morgan fingerprint density at radius 2 is 1.95 bits per heavy atom. The van der Waals surface area contributed by atoms with Gasteiger partial charge < -0.3 is 5.32 Å². The van der Waals surface area contributed by atoms with Crippen molar-refractivity contribution in [3.05, 3.63) is 35.9 Å². The number of rotatable bonds is 6. The third-order valence-electron chi connectivity index (χ3n) is 3.98. The second kappa shape index (κ2) is 8.35. The molecule has 1 aromatic rings. The van der Waals surface area contributed by atoms with Crippen molar-refractivity contribution in [3.63, 3.8) is 0 Å². The first kappa shape index (κ1) is 16.3. The van der Waals surface area contributed by atoms with Gasteiger partial charge in [0.1, 0.15) is 0 Å². The average molecular weight is 310 g/mol. The molecule has 1 aliphatic rings. The third kappa shape index (κ3) is 4.71. The fourth-order valence-corrected chi connectivity index (χ4v) is 5.68. The summed E-state index contributed by atoms with van der Waals surface area (Å²) < 4.78 is 0. The number of hydrogen-bond acceptors (Lipinski definition) is 3. The van der Waals surface area contributed by atoms with E-state index in [0.29, 0.717) is 6.04 Å². The molecule has 0 spiro atoms. The molecule has 0 aromatic heterocycles. The molecule has 20 heavy (non-hydrogen) atoms. The zero-order valence-electron chi connectivity index (χ0n) is 12.8. The highest BCUT2D eigenvalue weighted by molar-refractivity contribution is 8.07. The Bertz CT molecular complexity index is 382. The Kier molecular flexibility index (Phi) is 6.79. The first-order chi connectivity index (χ1) is 9.70. The molecule has 1 aromatic carbocycles. The predicted molar refractivity (Wildman–Crippen MR) is 95.0 cm³/mol. The monoisotopic (exact) mass is 309 g/mol. The second-order valence-corrected chi connectivity index (χ2v) is 8.70. The quantitative estimate of drug-likeness (QED) is 0.845. The molecule has 0 saturated carbocycles. The van der Waals surface area contributed by atoms with Crippen LogP contribution in [-0.2, 0) is 6.42 Å². The third-order valence-corrected chi connectivity index (χ3v) is 7.53. The number of nitrogens with one attached hydrogen (secondary N) is 1. The van der Waals surface area contributed by atoms with Crippen LogP contribution in [0.25, 0.3) is 0 Å². The maximum absolute atomic E-state index is 3.79. The fraction of sp³-hybridized carbons (Fsp3) is 0.647. The molecule has 1 fully saturated rings. The zero-order valence-corrected chi connectivity index (χ0v) is 14.5. The molecule has 1 saturated heterocycles. The van der Waals surface area contributed by atoms with Crippen LogP contribution in [0, 0.1) is 0 Å². The van der Waals surface area contributed by atoms with E-state index in [2.05, 4.69) is 79.9 Å². The summed E-state index contributed by atoms with van der Waals surface area (Å²) in [4.78, 5) is 0. The highest BCUT2D eigenvalue weighted by Crippen LogP contribution is 2.37. The summed E-state index contributed by atoms with van der Waals surface area (Å²) in [6.45, 7) is 8.13. The SMILES string of the molecule is CCCNC(Cc1ccccc1)C1CSC(C)C(C)S1. The summed E-state index contributed by atoms with van der Waals surface area (Å²) in [6, 6.07) is 11.5. The van der Waals surface area contributed by atoms with Gasteiger partial charge in [-0.25, -0.2) is 0 Å². The summed E-state index contributed by atoms with van der Waals surface area (Å²) in [6.07, 6.45) is 2.36. The van der Waals surface area contributed by atoms with Gasteiger partial charge in [0.15, 0.2) is 0 Å². The Morgan fingerprint density at radius 3 is 2.60 bits per heavy atom. The summed E-state index contributed by atoms with van der Waals surface area (Å²) >= 11 is 4.33. The predicted octanol–water partition coefficient (Wildman–Crippen LogP) is 4.22. The van der Waals surface area contributed by atoms with E-state index >= 15 is 0 Å². The summed E-state index contributed by atoms with van der Waals surface area (Å²) in [5, 5.41) is 6.08. The molecule has 0 bridgehead atoms. The van der Waals surface area contributed by atoms with Crippen molar-refractivity contribution in [1.82, 2.24) is 5.32 Å². The number of benzene rings is 1. The minimum atomic E-state index is 0.602. The standard InChI is InChI=1S/C17H27NS2/c1-4-10-18-16(11-15-8-6-5-7-9-15)17-12-19-13(2)14(3)20-17/h5-9,13-14,16-18H,4,10-12H2,1-3H3. The molecular weight excluding hydrogens is 282 g/mol. The summed E-state index contributed by atoms with van der Waals surface area (Å²) in [7, 11) is 0. The summed E-state index contributed by atoms with van der Waals surface area (Å²) in [5.41, 5.74) is 1.46. The van der Waals surface area contributed by atoms with Gasteiger partial charge in [-0.2, -0.15) is 23.5 Å². The molecule has 1 N–H and O–H groups in total. The van der Waals surface area contributed by atoms with Crippen molar-refractivity contribution in [2.45, 2.75) is 55.4 Å². The van der Waals surface area contributed by atoms with Crippen molar-refractivity contribution < 1.29 is 0 Å². The van der Waals surface area contributed by atoms with Gasteiger partial charge in [-0.15, -0.1) is 0 Å². The van der Waals surface area contributed by atoms with E-state index in [1.54, 1.807) is 0 Å². The van der Waals surface area contributed by atoms with Crippen LogP contribution in [0.3, 0.4) is 0 Å². The molecule has 1 nitrogen and oxygen atoms in total. The lowest BCUT2D eigenvalue weighted by molar-refractivity contribution is 0.504. The molecule has 1 aliphatic heterocycles. The van der Waals surface area contributed by atoms with E-state index < -0.39 is 0 Å². The Morgan fingerprint density at radius 1 is 1.20 bits per heavy atom. The normalized spacial score (nSPS) is 28.2. The molecule has 4 unspecified atom stereocenters. The molecule has 4 atom stereocenters. The van der Waals surface area contributed by atoms with E-state index in [1.165, 1.54) is 17.7 Å². The van der Waals surface area contributed by atoms with E-state index in [-0.39, 0.29) is 0 Å². The van der Waals surface area contributed by atoms with Crippen LogP contribution >= 0.6 is 23.5 Å². The fourth-order valence-electron chi connectivity index (χ4n) is 2.55. The molecular formula is C17H27NS2. The van der Waals surface area contributed by atoms with Crippen molar-refractivity contribution in [3.8, 4) is 0 Å². The summed E-state index contributed by atoms with van der Waals surface area (Å²) in [5.74, 6) is 1.28. The van der Waals surface area contributed by atoms with Crippen LogP contribution in [0.1, 0.15) is 32.8 Å². The van der Waals surface area contributed by atoms with E-state index in [4.69, 9.17) is 0 Å². The smallest absolute Gasteiger partial charge is 0.0298 e. The second-order valence-electron chi connectivity index (χ2n) is 5.67. The largest absolute Gasteiger partial charge is 0.313 e. The van der Waals surface area contributed by atoms with Crippen LogP contribution in [0.15, 0.2) is 30.3 Å². The van der Waals surface area contributed by atoms with Crippen molar-refractivity contribution in [2.75, 3.05) is 12.3 Å². The Hall–Kier alpha value is -0.120. The Labute approximate surface area is 132 Å². The maximum Gasteiger partial charge on any atom is 0.0298 e. The van der Waals surface area contributed by atoms with Crippen molar-refractivity contribution in [2.24, 2.45) is 0 Å². The van der Waals surface area contributed by atoms with Crippen LogP contribution in [0.4, 0.5) is 0 Å². The maximum atomic E-state index is 3.79. The number of thioether (sulfide) groups is 2. The minimum absolute atomic E-state index is 0.602. The van der Waals surface area contributed by atoms with Crippen LogP contribution in [-0.4, -0.2) is 34.1 Å². The zero-order chi connectivity index (χ0) is 14.4. The van der Waals surface area contributed by atoms with Gasteiger partial charge in [0.25, 0.3) is 0 Å². The highest BCUT2D eigenvalue weighted by Gasteiger charge is 2.30. The van der Waals surface area contributed by atoms with Crippen molar-refractivity contribution >= 4 is 23.5 Å². The van der Waals surface area contributed by atoms with Gasteiger partial charge in [0.2, 0.25) is 0 Å². The minimum Gasteiger partial charge on any atom is -0.313 e. The van der Waals surface area contributed by atoms with Gasteiger partial charge in [0.05, 0.1) is 0 Å². The average Bonchev–Trinajstić information content (AvgIpc) is 2.47. The van der Waals surface area contributed by atoms with E-state index in [9.17, 15) is 0 Å². The van der Waals surface area contributed by atoms with Crippen LogP contribution in [0.2, 0.25) is 0 Å². The van der Waals surface area contributed by atoms with Gasteiger partial charge in [-0.1, -0.05) is 51.1 Å². The lowest BCUT2D eigenvalue weighted by Gasteiger charge is -2.36. The molecule has 0 amide bonds. The molecule has 2 rings (SSSR count). The van der Waals surface area contributed by atoms with E-state index in [1.807, 2.05) is 0 Å². The van der Waals surface area contributed by atoms with Gasteiger partial charge in [-0.3, -0.25) is 0 Å². The Balaban J connectivity index is 1.99. The van der Waals surface area contributed by atoms with Crippen LogP contribution < -0.4 is 5.32 Å². The molecule has 3 heteroatoms. The number of hydrogen-bond donors (Lipinski definition) is 1. The first-order valence-corrected chi connectivity index (χ1v) is 9.74. The van der Waals surface area contributed by atoms with Gasteiger partial charge >= 0.3 is 0 Å². The molecule has 0 aliphatic carbocycles. The first-order valence-electron chi connectivity index (χ1n) is 7.75. The highest BCUT2D eigenvalue weighted by atomic mass is 32.2. The lowest BCUT2D eigenvalue weighted by atomic mass is 10.0. The van der Waals surface area contributed by atoms with Gasteiger partial charge in [0, 0.05) is 27.5 Å². The lowest BCUT2D eigenvalue weighted by Crippen LogP contribution is -2.45. The molecule has 0 radical (unpaired) electrons. The molecule has 112 valence electrons. The van der Waals surface area contributed by atoms with Gasteiger partial charge in [-0.05, 0) is 24.9 Å². The van der Waals surface area contributed by atoms with E-state index in [0.717, 1.165) is 28.7 Å². The molecule has 1 heterocycles. The topological polar surface area (TPSA) is 12.0 Å². The van der Waals surface area contributed by atoms with Crippen LogP contribution in [0.5, 0.6) is 0 Å². The van der Waals surface area contributed by atoms with Crippen molar-refractivity contribution in [1.29, 1.82) is 0 Å².